The van der Waals surface area contributed by atoms with E-state index >= 15 is 0 Å². The zero-order chi connectivity index (χ0) is 10.5. The first-order chi connectivity index (χ1) is 5.95. The molecule has 0 aliphatic rings. The lowest BCUT2D eigenvalue weighted by Crippen LogP contribution is -2.49. The van der Waals surface area contributed by atoms with Crippen LogP contribution in [0.15, 0.2) is 0 Å². The molecular weight excluding hydrogens is 166 g/mol. The molecule has 0 aromatic rings. The molecule has 0 aliphatic heterocycles. The number of hydrogen-bond acceptors (Lipinski definition) is 3. The highest BCUT2D eigenvalue weighted by Gasteiger charge is 2.25. The van der Waals surface area contributed by atoms with Crippen molar-refractivity contribution < 1.29 is 9.84 Å². The van der Waals surface area contributed by atoms with Crippen LogP contribution in [0.25, 0.3) is 0 Å². The maximum absolute atomic E-state index is 9.17. The van der Waals surface area contributed by atoms with Crippen LogP contribution in [-0.4, -0.2) is 49.0 Å². The topological polar surface area (TPSA) is 32.7 Å². The third-order valence-corrected chi connectivity index (χ3v) is 2.74. The number of rotatable bonds is 6. The van der Waals surface area contributed by atoms with Gasteiger partial charge in [0.15, 0.2) is 0 Å². The Bertz CT molecular complexity index is 137. The average Bonchev–Trinajstić information content (AvgIpc) is 2.12. The molecule has 3 heteroatoms. The second kappa shape index (κ2) is 5.58. The molecule has 0 aliphatic carbocycles. The molecule has 0 amide bonds. The van der Waals surface area contributed by atoms with Gasteiger partial charge in [-0.3, -0.25) is 4.90 Å². The van der Waals surface area contributed by atoms with Gasteiger partial charge in [0.2, 0.25) is 0 Å². The predicted octanol–water partition coefficient (Wildman–Crippen LogP) is 1.11. The van der Waals surface area contributed by atoms with Crippen LogP contribution < -0.4 is 0 Å². The molecule has 0 spiro atoms. The summed E-state index contributed by atoms with van der Waals surface area (Å²) in [6.45, 7) is 7.18. The first-order valence-corrected chi connectivity index (χ1v) is 4.78. The summed E-state index contributed by atoms with van der Waals surface area (Å²) in [4.78, 5) is 2.19. The van der Waals surface area contributed by atoms with Gasteiger partial charge in [0.1, 0.15) is 0 Å². The van der Waals surface area contributed by atoms with Crippen molar-refractivity contribution in [2.75, 3.05) is 27.4 Å². The number of aliphatic hydroxyl groups is 1. The largest absolute Gasteiger partial charge is 0.394 e. The van der Waals surface area contributed by atoms with E-state index in [1.165, 1.54) is 0 Å². The zero-order valence-electron chi connectivity index (χ0n) is 9.50. The van der Waals surface area contributed by atoms with Crippen molar-refractivity contribution in [1.29, 1.82) is 0 Å². The van der Waals surface area contributed by atoms with Gasteiger partial charge in [0.05, 0.1) is 6.61 Å². The Hall–Kier alpha value is -0.120. The SMILES string of the molecule is COCCC(C)N(C)C(C)(C)CO. The number of nitrogens with zero attached hydrogens (tertiary/aromatic N) is 1. The number of aliphatic hydroxyl groups excluding tert-OH is 1. The maximum atomic E-state index is 9.17. The lowest BCUT2D eigenvalue weighted by Gasteiger charge is -2.38. The van der Waals surface area contributed by atoms with Crippen LogP contribution in [0.2, 0.25) is 0 Å². The van der Waals surface area contributed by atoms with Gasteiger partial charge >= 0.3 is 0 Å². The van der Waals surface area contributed by atoms with E-state index in [1.807, 2.05) is 20.9 Å². The first kappa shape index (κ1) is 12.9. The van der Waals surface area contributed by atoms with E-state index in [0.717, 1.165) is 13.0 Å². The fourth-order valence-corrected chi connectivity index (χ4v) is 1.19. The van der Waals surface area contributed by atoms with Crippen molar-refractivity contribution in [2.24, 2.45) is 0 Å². The Morgan fingerprint density at radius 2 is 2.00 bits per heavy atom. The van der Waals surface area contributed by atoms with E-state index in [-0.39, 0.29) is 12.1 Å². The second-order valence-corrected chi connectivity index (χ2v) is 4.21. The minimum absolute atomic E-state index is 0.146. The number of methoxy groups -OCH3 is 1. The van der Waals surface area contributed by atoms with Gasteiger partial charge in [-0.15, -0.1) is 0 Å². The summed E-state index contributed by atoms with van der Waals surface area (Å²) in [5, 5.41) is 9.17. The smallest absolute Gasteiger partial charge is 0.0610 e. The van der Waals surface area contributed by atoms with Crippen LogP contribution in [0.4, 0.5) is 0 Å². The number of likely N-dealkylation sites (N-methyl/N-ethyl adjacent to an activating group) is 1. The average molecular weight is 189 g/mol. The zero-order valence-corrected chi connectivity index (χ0v) is 9.50. The van der Waals surface area contributed by atoms with E-state index in [2.05, 4.69) is 11.8 Å². The number of hydrogen-bond donors (Lipinski definition) is 1. The molecule has 0 rings (SSSR count). The van der Waals surface area contributed by atoms with Gasteiger partial charge < -0.3 is 9.84 Å². The molecule has 0 fully saturated rings. The Morgan fingerprint density at radius 1 is 1.46 bits per heavy atom. The van der Waals surface area contributed by atoms with E-state index in [1.54, 1.807) is 7.11 Å². The summed E-state index contributed by atoms with van der Waals surface area (Å²) in [5.41, 5.74) is -0.146. The highest BCUT2D eigenvalue weighted by molar-refractivity contribution is 4.81. The minimum Gasteiger partial charge on any atom is -0.394 e. The summed E-state index contributed by atoms with van der Waals surface area (Å²) in [6, 6.07) is 0.432. The van der Waals surface area contributed by atoms with Crippen molar-refractivity contribution in [3.05, 3.63) is 0 Å². The molecule has 3 nitrogen and oxygen atoms in total. The molecule has 13 heavy (non-hydrogen) atoms. The van der Waals surface area contributed by atoms with E-state index in [9.17, 15) is 0 Å². The summed E-state index contributed by atoms with van der Waals surface area (Å²) >= 11 is 0. The number of ether oxygens (including phenoxy) is 1. The Kier molecular flexibility index (Phi) is 5.53. The molecule has 0 saturated heterocycles. The van der Waals surface area contributed by atoms with Crippen LogP contribution in [0.3, 0.4) is 0 Å². The Balaban J connectivity index is 4.00. The minimum atomic E-state index is -0.146. The highest BCUT2D eigenvalue weighted by atomic mass is 16.5. The molecule has 1 atom stereocenters. The van der Waals surface area contributed by atoms with E-state index in [4.69, 9.17) is 9.84 Å². The van der Waals surface area contributed by atoms with Gasteiger partial charge in [-0.25, -0.2) is 0 Å². The summed E-state index contributed by atoms with van der Waals surface area (Å²) < 4.78 is 5.02. The molecule has 1 unspecified atom stereocenters. The highest BCUT2D eigenvalue weighted by Crippen LogP contribution is 2.16. The Labute approximate surface area is 81.7 Å². The quantitative estimate of drug-likeness (QED) is 0.679. The third-order valence-electron chi connectivity index (χ3n) is 2.74. The fourth-order valence-electron chi connectivity index (χ4n) is 1.19. The molecule has 80 valence electrons. The van der Waals surface area contributed by atoms with Crippen LogP contribution in [0.5, 0.6) is 0 Å². The van der Waals surface area contributed by atoms with Gasteiger partial charge in [0.25, 0.3) is 0 Å². The molecule has 0 aromatic carbocycles. The van der Waals surface area contributed by atoms with Crippen LogP contribution in [0.1, 0.15) is 27.2 Å². The van der Waals surface area contributed by atoms with Crippen molar-refractivity contribution in [3.63, 3.8) is 0 Å². The summed E-state index contributed by atoms with van der Waals surface area (Å²) in [7, 11) is 3.75. The molecule has 0 radical (unpaired) electrons. The fraction of sp³-hybridized carbons (Fsp3) is 1.00. The van der Waals surface area contributed by atoms with Gasteiger partial charge in [-0.2, -0.15) is 0 Å². The monoisotopic (exact) mass is 189 g/mol. The van der Waals surface area contributed by atoms with Crippen LogP contribution in [-0.2, 0) is 4.74 Å². The van der Waals surface area contributed by atoms with Crippen molar-refractivity contribution in [2.45, 2.75) is 38.8 Å². The molecule has 1 N–H and O–H groups in total. The second-order valence-electron chi connectivity index (χ2n) is 4.21. The summed E-state index contributed by atoms with van der Waals surface area (Å²) in [5.74, 6) is 0. The standard InChI is InChI=1S/C10H23NO2/c1-9(6-7-13-5)11(4)10(2,3)8-12/h9,12H,6-8H2,1-5H3. The van der Waals surface area contributed by atoms with Gasteiger partial charge in [-0.05, 0) is 34.2 Å². The summed E-state index contributed by atoms with van der Waals surface area (Å²) in [6.07, 6.45) is 0.996. The van der Waals surface area contributed by atoms with Crippen molar-refractivity contribution in [1.82, 2.24) is 4.90 Å². The van der Waals surface area contributed by atoms with Crippen LogP contribution in [0, 0.1) is 0 Å². The molecule has 0 aromatic heterocycles. The molecule has 0 saturated carbocycles. The van der Waals surface area contributed by atoms with Gasteiger partial charge in [0, 0.05) is 25.3 Å². The lowest BCUT2D eigenvalue weighted by molar-refractivity contribution is 0.0385. The van der Waals surface area contributed by atoms with E-state index in [0.29, 0.717) is 6.04 Å². The molecule has 0 bridgehead atoms. The van der Waals surface area contributed by atoms with Crippen molar-refractivity contribution in [3.8, 4) is 0 Å². The maximum Gasteiger partial charge on any atom is 0.0610 e. The van der Waals surface area contributed by atoms with Crippen LogP contribution >= 0.6 is 0 Å². The normalized spacial score (nSPS) is 15.0. The van der Waals surface area contributed by atoms with E-state index < -0.39 is 0 Å². The first-order valence-electron chi connectivity index (χ1n) is 4.78. The lowest BCUT2D eigenvalue weighted by atomic mass is 10.0. The Morgan fingerprint density at radius 3 is 2.38 bits per heavy atom. The third kappa shape index (κ3) is 4.07. The predicted molar refractivity (Wildman–Crippen MR) is 54.9 cm³/mol. The van der Waals surface area contributed by atoms with Gasteiger partial charge in [-0.1, -0.05) is 0 Å². The molecule has 0 heterocycles. The molecular formula is C10H23NO2. The van der Waals surface area contributed by atoms with Crippen molar-refractivity contribution >= 4 is 0 Å².